The molecule has 1 aromatic carbocycles. The first-order valence-corrected chi connectivity index (χ1v) is 9.22. The number of nitrogens with zero attached hydrogens (tertiary/aromatic N) is 2. The lowest BCUT2D eigenvalue weighted by Crippen LogP contribution is -2.44. The van der Waals surface area contributed by atoms with E-state index in [0.717, 1.165) is 37.2 Å². The Labute approximate surface area is 148 Å². The zero-order valence-corrected chi connectivity index (χ0v) is 14.7. The van der Waals surface area contributed by atoms with E-state index >= 15 is 0 Å². The largest absolute Gasteiger partial charge is 0.497 e. The summed E-state index contributed by atoms with van der Waals surface area (Å²) in [7, 11) is 1.66. The number of rotatable bonds is 3. The van der Waals surface area contributed by atoms with Gasteiger partial charge in [-0.05, 0) is 37.0 Å². The van der Waals surface area contributed by atoms with E-state index in [9.17, 15) is 4.79 Å². The number of methoxy groups -OCH3 is 1. The van der Waals surface area contributed by atoms with Gasteiger partial charge in [0.1, 0.15) is 5.75 Å². The van der Waals surface area contributed by atoms with Crippen molar-refractivity contribution in [2.45, 2.75) is 37.3 Å². The summed E-state index contributed by atoms with van der Waals surface area (Å²) in [6.07, 6.45) is 2.92. The molecule has 0 aliphatic carbocycles. The minimum absolute atomic E-state index is 0.0133. The Kier molecular flexibility index (Phi) is 4.92. The normalized spacial score (nSPS) is 30.1. The Morgan fingerprint density at radius 2 is 1.88 bits per heavy atom. The van der Waals surface area contributed by atoms with Crippen LogP contribution in [0.3, 0.4) is 0 Å². The van der Waals surface area contributed by atoms with Gasteiger partial charge in [0.15, 0.2) is 6.10 Å². The predicted octanol–water partition coefficient (Wildman–Crippen LogP) is 1.81. The van der Waals surface area contributed by atoms with E-state index in [0.29, 0.717) is 19.8 Å². The number of likely N-dealkylation sites (tertiary alicyclic amines) is 1. The molecule has 25 heavy (non-hydrogen) atoms. The molecular formula is C19H26N2O4. The third-order valence-corrected chi connectivity index (χ3v) is 5.52. The second kappa shape index (κ2) is 7.32. The number of hydrogen-bond acceptors (Lipinski definition) is 5. The second-order valence-electron chi connectivity index (χ2n) is 6.99. The molecule has 3 aliphatic rings. The molecule has 3 saturated heterocycles. The van der Waals surface area contributed by atoms with Crippen molar-refractivity contribution in [2.24, 2.45) is 0 Å². The molecule has 0 aromatic heterocycles. The predicted molar refractivity (Wildman–Crippen MR) is 92.4 cm³/mol. The van der Waals surface area contributed by atoms with E-state index in [1.54, 1.807) is 7.11 Å². The number of piperidine rings is 1. The third-order valence-electron chi connectivity index (χ3n) is 5.52. The number of hydrogen-bond donors (Lipinski definition) is 0. The highest BCUT2D eigenvalue weighted by atomic mass is 16.7. The van der Waals surface area contributed by atoms with Crippen LogP contribution in [0.25, 0.3) is 0 Å². The molecule has 3 fully saturated rings. The van der Waals surface area contributed by atoms with Crippen LogP contribution in [0.15, 0.2) is 24.3 Å². The van der Waals surface area contributed by atoms with Gasteiger partial charge in [-0.2, -0.15) is 5.06 Å². The molecule has 3 heterocycles. The zero-order valence-electron chi connectivity index (χ0n) is 14.7. The molecule has 6 nitrogen and oxygen atoms in total. The average Bonchev–Trinajstić information content (AvgIpc) is 3.07. The van der Waals surface area contributed by atoms with Gasteiger partial charge in [-0.15, -0.1) is 0 Å². The van der Waals surface area contributed by atoms with Gasteiger partial charge in [-0.25, -0.2) is 0 Å². The topological polar surface area (TPSA) is 51.2 Å². The summed E-state index contributed by atoms with van der Waals surface area (Å²) in [6.45, 7) is 3.64. The van der Waals surface area contributed by atoms with Crippen molar-refractivity contribution in [3.05, 3.63) is 29.8 Å². The van der Waals surface area contributed by atoms with Crippen LogP contribution in [-0.2, 0) is 14.4 Å². The summed E-state index contributed by atoms with van der Waals surface area (Å²) in [5, 5.41) is 1.96. The van der Waals surface area contributed by atoms with Gasteiger partial charge in [0.05, 0.1) is 26.4 Å². The Bertz CT molecular complexity index is 600. The van der Waals surface area contributed by atoms with Crippen molar-refractivity contribution in [3.63, 3.8) is 0 Å². The van der Waals surface area contributed by atoms with Gasteiger partial charge in [-0.1, -0.05) is 12.1 Å². The maximum absolute atomic E-state index is 13.2. The molecular weight excluding hydrogens is 320 g/mol. The fourth-order valence-corrected chi connectivity index (χ4v) is 4.15. The summed E-state index contributed by atoms with van der Waals surface area (Å²) < 4.78 is 10.9. The number of benzene rings is 1. The van der Waals surface area contributed by atoms with E-state index in [2.05, 4.69) is 0 Å². The van der Waals surface area contributed by atoms with Crippen LogP contribution >= 0.6 is 0 Å². The lowest BCUT2D eigenvalue weighted by atomic mass is 9.86. The first kappa shape index (κ1) is 16.8. The number of fused-ring (bicyclic) bond motifs is 1. The monoisotopic (exact) mass is 346 g/mol. The van der Waals surface area contributed by atoms with Crippen LogP contribution in [0.1, 0.15) is 30.7 Å². The van der Waals surface area contributed by atoms with E-state index in [1.165, 1.54) is 6.42 Å². The number of morpholine rings is 1. The first-order chi connectivity index (χ1) is 12.3. The van der Waals surface area contributed by atoms with Crippen LogP contribution in [0, 0.1) is 0 Å². The van der Waals surface area contributed by atoms with Crippen LogP contribution < -0.4 is 4.74 Å². The number of ether oxygens (including phenoxy) is 2. The Morgan fingerprint density at radius 3 is 2.60 bits per heavy atom. The summed E-state index contributed by atoms with van der Waals surface area (Å²) in [5.41, 5.74) is 1.11. The maximum Gasteiger partial charge on any atom is 0.254 e. The van der Waals surface area contributed by atoms with Gasteiger partial charge in [0.2, 0.25) is 0 Å². The quantitative estimate of drug-likeness (QED) is 0.835. The molecule has 6 heteroatoms. The maximum atomic E-state index is 13.2. The third kappa shape index (κ3) is 3.26. The standard InChI is InChI=1S/C19H26N2O4/c1-23-15-7-5-14(6-8-15)17-16-13-24-12-11-21(16)25-18(17)19(22)20-9-3-2-4-10-20/h5-8,16-18H,2-4,9-13H2,1H3/t16-,17-,18-/m1/s1. The molecule has 1 aromatic rings. The van der Waals surface area contributed by atoms with E-state index in [1.807, 2.05) is 34.2 Å². The van der Waals surface area contributed by atoms with Crippen molar-refractivity contribution in [2.75, 3.05) is 40.0 Å². The molecule has 0 radical (unpaired) electrons. The zero-order chi connectivity index (χ0) is 17.2. The highest BCUT2D eigenvalue weighted by Gasteiger charge is 2.49. The van der Waals surface area contributed by atoms with Crippen molar-refractivity contribution in [1.29, 1.82) is 0 Å². The van der Waals surface area contributed by atoms with Gasteiger partial charge in [0.25, 0.3) is 5.91 Å². The highest BCUT2D eigenvalue weighted by Crippen LogP contribution is 2.39. The molecule has 3 aliphatic heterocycles. The average molecular weight is 346 g/mol. The molecule has 3 atom stereocenters. The molecule has 4 rings (SSSR count). The van der Waals surface area contributed by atoms with Crippen LogP contribution in [0.4, 0.5) is 0 Å². The van der Waals surface area contributed by atoms with Crippen molar-refractivity contribution >= 4 is 5.91 Å². The fourth-order valence-electron chi connectivity index (χ4n) is 4.15. The summed E-state index contributed by atoms with van der Waals surface area (Å²) in [6, 6.07) is 8.07. The second-order valence-corrected chi connectivity index (χ2v) is 6.99. The summed E-state index contributed by atoms with van der Waals surface area (Å²) in [5.74, 6) is 0.925. The first-order valence-electron chi connectivity index (χ1n) is 9.22. The molecule has 0 N–H and O–H groups in total. The van der Waals surface area contributed by atoms with E-state index in [4.69, 9.17) is 14.3 Å². The lowest BCUT2D eigenvalue weighted by molar-refractivity contribution is -0.202. The van der Waals surface area contributed by atoms with Crippen molar-refractivity contribution in [1.82, 2.24) is 9.96 Å². The SMILES string of the molecule is COc1ccc([C@@H]2[C@H]3COCCN3O[C@H]2C(=O)N2CCCCC2)cc1. The van der Waals surface area contributed by atoms with Crippen LogP contribution in [0.2, 0.25) is 0 Å². The van der Waals surface area contributed by atoms with E-state index < -0.39 is 6.10 Å². The molecule has 0 bridgehead atoms. The molecule has 0 unspecified atom stereocenters. The Morgan fingerprint density at radius 1 is 1.12 bits per heavy atom. The molecule has 0 saturated carbocycles. The van der Waals surface area contributed by atoms with Crippen molar-refractivity contribution < 1.29 is 19.1 Å². The van der Waals surface area contributed by atoms with Gasteiger partial charge in [0, 0.05) is 25.6 Å². The van der Waals surface area contributed by atoms with Gasteiger partial charge < -0.3 is 14.4 Å². The fraction of sp³-hybridized carbons (Fsp3) is 0.632. The lowest BCUT2D eigenvalue weighted by Gasteiger charge is -2.31. The van der Waals surface area contributed by atoms with Gasteiger partial charge in [-0.3, -0.25) is 9.63 Å². The van der Waals surface area contributed by atoms with E-state index in [-0.39, 0.29) is 17.9 Å². The Hall–Kier alpha value is -1.63. The van der Waals surface area contributed by atoms with Gasteiger partial charge >= 0.3 is 0 Å². The highest BCUT2D eigenvalue weighted by molar-refractivity contribution is 5.82. The minimum atomic E-state index is -0.460. The van der Waals surface area contributed by atoms with Crippen LogP contribution in [0.5, 0.6) is 5.75 Å². The minimum Gasteiger partial charge on any atom is -0.497 e. The number of amides is 1. The molecule has 136 valence electrons. The van der Waals surface area contributed by atoms with Crippen molar-refractivity contribution in [3.8, 4) is 5.75 Å². The summed E-state index contributed by atoms with van der Waals surface area (Å²) >= 11 is 0. The van der Waals surface area contributed by atoms with Crippen LogP contribution in [-0.4, -0.2) is 68.0 Å². The summed E-state index contributed by atoms with van der Waals surface area (Å²) in [4.78, 5) is 21.3. The molecule has 0 spiro atoms. The number of hydroxylamine groups is 2. The molecule has 1 amide bonds. The number of carbonyl (C=O) groups is 1. The number of carbonyl (C=O) groups excluding carboxylic acids is 1. The Balaban J connectivity index is 1.61. The smallest absolute Gasteiger partial charge is 0.254 e.